The van der Waals surface area contributed by atoms with Gasteiger partial charge in [0.15, 0.2) is 0 Å². The number of pyridine rings is 1. The van der Waals surface area contributed by atoms with Crippen LogP contribution >= 0.6 is 15.9 Å². The van der Waals surface area contributed by atoms with E-state index in [-0.39, 0.29) is 5.97 Å². The number of hydrogen-bond acceptors (Lipinski definition) is 4. The Morgan fingerprint density at radius 2 is 2.06 bits per heavy atom. The second-order valence-corrected chi connectivity index (χ2v) is 4.69. The van der Waals surface area contributed by atoms with Crippen molar-refractivity contribution in [3.8, 4) is 5.88 Å². The van der Waals surface area contributed by atoms with Crippen molar-refractivity contribution in [1.82, 2.24) is 4.98 Å². The van der Waals surface area contributed by atoms with Crippen molar-refractivity contribution in [2.75, 3.05) is 14.2 Å². The lowest BCUT2D eigenvalue weighted by molar-refractivity contribution is -0.146. The van der Waals surface area contributed by atoms with Gasteiger partial charge < -0.3 is 9.47 Å². The first-order chi connectivity index (χ1) is 7.43. The highest BCUT2D eigenvalue weighted by Gasteiger charge is 2.31. The van der Waals surface area contributed by atoms with E-state index in [0.29, 0.717) is 10.4 Å². The number of esters is 1. The first-order valence-corrected chi connectivity index (χ1v) is 5.51. The summed E-state index contributed by atoms with van der Waals surface area (Å²) < 4.78 is 10.5. The molecule has 0 spiro atoms. The van der Waals surface area contributed by atoms with E-state index in [2.05, 4.69) is 20.9 Å². The summed E-state index contributed by atoms with van der Waals surface area (Å²) in [6, 6.07) is 1.81. The van der Waals surface area contributed by atoms with Crippen molar-refractivity contribution >= 4 is 21.9 Å². The molecule has 0 aliphatic carbocycles. The van der Waals surface area contributed by atoms with Crippen LogP contribution in [-0.2, 0) is 14.9 Å². The molecule has 0 radical (unpaired) electrons. The number of hydrogen-bond donors (Lipinski definition) is 0. The van der Waals surface area contributed by atoms with Crippen LogP contribution in [0.25, 0.3) is 0 Å². The average Bonchev–Trinajstić information content (AvgIpc) is 2.27. The van der Waals surface area contributed by atoms with Gasteiger partial charge in [0.2, 0.25) is 5.88 Å². The molecule has 88 valence electrons. The number of methoxy groups -OCH3 is 2. The van der Waals surface area contributed by atoms with Crippen LogP contribution in [0.1, 0.15) is 19.4 Å². The van der Waals surface area contributed by atoms with Crippen molar-refractivity contribution in [1.29, 1.82) is 0 Å². The SMILES string of the molecule is COC(=O)C(C)(C)c1cnc(OC)c(Br)c1. The largest absolute Gasteiger partial charge is 0.480 e. The lowest BCUT2D eigenvalue weighted by atomic mass is 9.86. The molecule has 0 saturated carbocycles. The van der Waals surface area contributed by atoms with E-state index in [1.807, 2.05) is 6.07 Å². The normalized spacial score (nSPS) is 11.1. The molecule has 0 saturated heterocycles. The molecule has 0 amide bonds. The molecule has 0 bridgehead atoms. The van der Waals surface area contributed by atoms with Crippen molar-refractivity contribution < 1.29 is 14.3 Å². The Morgan fingerprint density at radius 3 is 2.50 bits per heavy atom. The quantitative estimate of drug-likeness (QED) is 0.801. The molecular weight excluding hydrogens is 274 g/mol. The van der Waals surface area contributed by atoms with Gasteiger partial charge in [-0.15, -0.1) is 0 Å². The molecule has 0 fully saturated rings. The van der Waals surface area contributed by atoms with E-state index >= 15 is 0 Å². The summed E-state index contributed by atoms with van der Waals surface area (Å²) in [5, 5.41) is 0. The lowest BCUT2D eigenvalue weighted by Crippen LogP contribution is -2.30. The average molecular weight is 288 g/mol. The van der Waals surface area contributed by atoms with Gasteiger partial charge in [0.05, 0.1) is 24.1 Å². The van der Waals surface area contributed by atoms with E-state index in [9.17, 15) is 4.79 Å². The summed E-state index contributed by atoms with van der Waals surface area (Å²) in [6.07, 6.45) is 1.61. The topological polar surface area (TPSA) is 48.4 Å². The number of rotatable bonds is 3. The minimum absolute atomic E-state index is 0.300. The summed E-state index contributed by atoms with van der Waals surface area (Å²) in [6.45, 7) is 3.57. The lowest BCUT2D eigenvalue weighted by Gasteiger charge is -2.22. The molecule has 1 aromatic rings. The predicted molar refractivity (Wildman–Crippen MR) is 63.5 cm³/mol. The maximum Gasteiger partial charge on any atom is 0.315 e. The smallest absolute Gasteiger partial charge is 0.315 e. The van der Waals surface area contributed by atoms with Crippen LogP contribution in [0, 0.1) is 0 Å². The first-order valence-electron chi connectivity index (χ1n) is 4.72. The molecule has 4 nitrogen and oxygen atoms in total. The van der Waals surface area contributed by atoms with Gasteiger partial charge in [-0.25, -0.2) is 4.98 Å². The highest BCUT2D eigenvalue weighted by atomic mass is 79.9. The molecule has 1 aromatic heterocycles. The Bertz CT molecular complexity index is 404. The van der Waals surface area contributed by atoms with E-state index in [0.717, 1.165) is 5.56 Å². The summed E-state index contributed by atoms with van der Waals surface area (Å²) in [5.41, 5.74) is 0.0447. The second kappa shape index (κ2) is 4.82. The van der Waals surface area contributed by atoms with Gasteiger partial charge in [-0.05, 0) is 41.4 Å². The summed E-state index contributed by atoms with van der Waals surface area (Å²) in [4.78, 5) is 15.7. The molecule has 0 aliphatic heterocycles. The van der Waals surface area contributed by atoms with Gasteiger partial charge in [0.25, 0.3) is 0 Å². The molecule has 0 N–H and O–H groups in total. The third-order valence-electron chi connectivity index (χ3n) is 2.42. The molecule has 1 heterocycles. The minimum Gasteiger partial charge on any atom is -0.480 e. The van der Waals surface area contributed by atoms with Crippen LogP contribution in [0.4, 0.5) is 0 Å². The Kier molecular flexibility index (Phi) is 3.91. The second-order valence-electron chi connectivity index (χ2n) is 3.83. The molecule has 0 aromatic carbocycles. The molecule has 0 aliphatic rings. The fourth-order valence-corrected chi connectivity index (χ4v) is 1.80. The van der Waals surface area contributed by atoms with Crippen LogP contribution < -0.4 is 4.74 Å². The van der Waals surface area contributed by atoms with Gasteiger partial charge in [0, 0.05) is 6.20 Å². The number of carbonyl (C=O) groups excluding carboxylic acids is 1. The maximum atomic E-state index is 11.6. The maximum absolute atomic E-state index is 11.6. The van der Waals surface area contributed by atoms with Crippen LogP contribution in [0.5, 0.6) is 5.88 Å². The highest BCUT2D eigenvalue weighted by Crippen LogP contribution is 2.30. The molecular formula is C11H14BrNO3. The zero-order valence-corrected chi connectivity index (χ0v) is 11.3. The fourth-order valence-electron chi connectivity index (χ4n) is 1.29. The Hall–Kier alpha value is -1.10. The molecule has 0 atom stereocenters. The van der Waals surface area contributed by atoms with Gasteiger partial charge in [-0.1, -0.05) is 0 Å². The predicted octanol–water partition coefficient (Wildman–Crippen LogP) is 2.30. The van der Waals surface area contributed by atoms with Crippen molar-refractivity contribution in [3.05, 3.63) is 22.3 Å². The Balaban J connectivity index is 3.14. The highest BCUT2D eigenvalue weighted by molar-refractivity contribution is 9.10. The zero-order valence-electron chi connectivity index (χ0n) is 9.70. The molecule has 0 unspecified atom stereocenters. The first kappa shape index (κ1) is 13.0. The Morgan fingerprint density at radius 1 is 1.44 bits per heavy atom. The number of carbonyl (C=O) groups is 1. The third-order valence-corrected chi connectivity index (χ3v) is 2.99. The van der Waals surface area contributed by atoms with Gasteiger partial charge in [-0.3, -0.25) is 4.79 Å². The van der Waals surface area contributed by atoms with Gasteiger partial charge in [0.1, 0.15) is 0 Å². The van der Waals surface area contributed by atoms with Crippen LogP contribution in [-0.4, -0.2) is 25.2 Å². The van der Waals surface area contributed by atoms with E-state index < -0.39 is 5.41 Å². The van der Waals surface area contributed by atoms with Crippen molar-refractivity contribution in [3.63, 3.8) is 0 Å². The summed E-state index contributed by atoms with van der Waals surface area (Å²) >= 11 is 3.33. The monoisotopic (exact) mass is 287 g/mol. The number of nitrogens with zero attached hydrogens (tertiary/aromatic N) is 1. The van der Waals surface area contributed by atoms with E-state index in [1.165, 1.54) is 14.2 Å². The fraction of sp³-hybridized carbons (Fsp3) is 0.455. The molecule has 5 heteroatoms. The zero-order chi connectivity index (χ0) is 12.3. The molecule has 16 heavy (non-hydrogen) atoms. The van der Waals surface area contributed by atoms with E-state index in [1.54, 1.807) is 20.0 Å². The third kappa shape index (κ3) is 2.35. The van der Waals surface area contributed by atoms with Crippen LogP contribution in [0.2, 0.25) is 0 Å². The van der Waals surface area contributed by atoms with Crippen molar-refractivity contribution in [2.24, 2.45) is 0 Å². The number of halogens is 1. The molecule has 1 rings (SSSR count). The van der Waals surface area contributed by atoms with Crippen LogP contribution in [0.3, 0.4) is 0 Å². The number of aromatic nitrogens is 1. The summed E-state index contributed by atoms with van der Waals surface area (Å²) in [7, 11) is 2.91. The van der Waals surface area contributed by atoms with Crippen LogP contribution in [0.15, 0.2) is 16.7 Å². The minimum atomic E-state index is -0.726. The number of ether oxygens (including phenoxy) is 2. The van der Waals surface area contributed by atoms with Gasteiger partial charge >= 0.3 is 5.97 Å². The van der Waals surface area contributed by atoms with E-state index in [4.69, 9.17) is 9.47 Å². The van der Waals surface area contributed by atoms with Gasteiger partial charge in [-0.2, -0.15) is 0 Å². The summed E-state index contributed by atoms with van der Waals surface area (Å²) in [5.74, 6) is 0.191. The standard InChI is InChI=1S/C11H14BrNO3/c1-11(2,10(14)16-4)7-5-8(12)9(15-3)13-6-7/h5-6H,1-4H3. The van der Waals surface area contributed by atoms with Crippen molar-refractivity contribution in [2.45, 2.75) is 19.3 Å². The Labute approximate surface area is 103 Å².